The molecule has 0 radical (unpaired) electrons. The highest BCUT2D eigenvalue weighted by molar-refractivity contribution is 5.32. The summed E-state index contributed by atoms with van der Waals surface area (Å²) in [4.78, 5) is 17.1. The second kappa shape index (κ2) is 5.49. The first-order chi connectivity index (χ1) is 9.61. The van der Waals surface area contributed by atoms with Crippen LogP contribution in [0.25, 0.3) is 0 Å². The van der Waals surface area contributed by atoms with E-state index in [2.05, 4.69) is 25.2 Å². The summed E-state index contributed by atoms with van der Waals surface area (Å²) in [6, 6.07) is 0.635. The number of fused-ring (bicyclic) bond motifs is 1. The van der Waals surface area contributed by atoms with E-state index in [1.807, 2.05) is 19.0 Å². The van der Waals surface area contributed by atoms with Gasteiger partial charge in [0.1, 0.15) is 5.82 Å². The molecule has 1 aromatic heterocycles. The number of aromatic nitrogens is 3. The zero-order valence-electron chi connectivity index (χ0n) is 12.2. The van der Waals surface area contributed by atoms with Crippen LogP contribution in [0, 0.1) is 5.92 Å². The maximum absolute atomic E-state index is 5.77. The molecule has 0 spiro atoms. The number of nitrogens with zero attached hydrogens (tertiary/aromatic N) is 5. The van der Waals surface area contributed by atoms with Crippen molar-refractivity contribution >= 4 is 11.9 Å². The lowest BCUT2D eigenvalue weighted by Crippen LogP contribution is -2.40. The van der Waals surface area contributed by atoms with Gasteiger partial charge in [0.25, 0.3) is 0 Å². The number of anilines is 2. The number of rotatable bonds is 3. The molecule has 2 atom stereocenters. The van der Waals surface area contributed by atoms with Crippen molar-refractivity contribution in [1.82, 2.24) is 25.2 Å². The molecule has 2 aliphatic rings. The molecule has 0 aromatic carbocycles. The summed E-state index contributed by atoms with van der Waals surface area (Å²) in [5, 5.41) is 3.61. The topological polar surface area (TPSA) is 83.2 Å². The van der Waals surface area contributed by atoms with Crippen molar-refractivity contribution in [2.75, 3.05) is 44.4 Å². The van der Waals surface area contributed by atoms with Crippen LogP contribution in [0.5, 0.6) is 0 Å². The molecule has 2 aliphatic heterocycles. The number of likely N-dealkylation sites (tertiary alicyclic amines) is 1. The Labute approximate surface area is 119 Å². The van der Waals surface area contributed by atoms with Crippen LogP contribution in [0.1, 0.15) is 18.7 Å². The predicted octanol–water partition coefficient (Wildman–Crippen LogP) is -0.296. The van der Waals surface area contributed by atoms with Crippen LogP contribution >= 0.6 is 0 Å². The van der Waals surface area contributed by atoms with Gasteiger partial charge in [0.05, 0.1) is 6.54 Å². The Hall–Kier alpha value is -1.47. The highest BCUT2D eigenvalue weighted by atomic mass is 15.3. The maximum atomic E-state index is 5.77. The molecule has 1 aromatic rings. The number of piperidine rings is 1. The van der Waals surface area contributed by atoms with E-state index in [4.69, 9.17) is 5.73 Å². The molecule has 2 fully saturated rings. The summed E-state index contributed by atoms with van der Waals surface area (Å²) in [5.41, 5.74) is 5.77. The van der Waals surface area contributed by atoms with Gasteiger partial charge in [-0.15, -0.1) is 0 Å². The third-order valence-electron chi connectivity index (χ3n) is 4.13. The lowest BCUT2D eigenvalue weighted by atomic mass is 9.94. The summed E-state index contributed by atoms with van der Waals surface area (Å²) in [5.74, 6) is 2.46. The maximum Gasteiger partial charge on any atom is 0.229 e. The molecular weight excluding hydrogens is 254 g/mol. The zero-order valence-corrected chi connectivity index (χ0v) is 12.2. The highest BCUT2D eigenvalue weighted by Crippen LogP contribution is 2.25. The summed E-state index contributed by atoms with van der Waals surface area (Å²) in [6.07, 6.45) is 2.62. The molecule has 3 heterocycles. The van der Waals surface area contributed by atoms with Gasteiger partial charge in [0.2, 0.25) is 11.9 Å². The fourth-order valence-corrected chi connectivity index (χ4v) is 3.16. The van der Waals surface area contributed by atoms with Crippen LogP contribution in [-0.4, -0.2) is 59.6 Å². The molecule has 20 heavy (non-hydrogen) atoms. The smallest absolute Gasteiger partial charge is 0.229 e. The molecule has 0 bridgehead atoms. The molecular formula is C13H23N7. The zero-order chi connectivity index (χ0) is 14.1. The molecule has 0 amide bonds. The molecule has 0 unspecified atom stereocenters. The summed E-state index contributed by atoms with van der Waals surface area (Å²) >= 11 is 0. The van der Waals surface area contributed by atoms with Gasteiger partial charge in [-0.25, -0.2) is 0 Å². The minimum Gasteiger partial charge on any atom is -0.368 e. The number of hydrogen-bond acceptors (Lipinski definition) is 7. The Morgan fingerprint density at radius 1 is 1.30 bits per heavy atom. The molecule has 2 saturated heterocycles. The van der Waals surface area contributed by atoms with E-state index in [0.717, 1.165) is 37.9 Å². The van der Waals surface area contributed by atoms with Crippen molar-refractivity contribution in [3.63, 3.8) is 0 Å². The Kier molecular flexibility index (Phi) is 3.71. The largest absolute Gasteiger partial charge is 0.368 e. The average Bonchev–Trinajstić information content (AvgIpc) is 2.79. The van der Waals surface area contributed by atoms with Crippen LogP contribution in [0.15, 0.2) is 0 Å². The number of nitrogen functional groups attached to an aromatic ring is 1. The average molecular weight is 277 g/mol. The first kappa shape index (κ1) is 13.5. The summed E-state index contributed by atoms with van der Waals surface area (Å²) in [6.45, 7) is 4.11. The van der Waals surface area contributed by atoms with E-state index < -0.39 is 0 Å². The molecule has 0 aliphatic carbocycles. The van der Waals surface area contributed by atoms with Crippen LogP contribution in [0.3, 0.4) is 0 Å². The predicted molar refractivity (Wildman–Crippen MR) is 78.4 cm³/mol. The van der Waals surface area contributed by atoms with Gasteiger partial charge in [-0.2, -0.15) is 15.0 Å². The van der Waals surface area contributed by atoms with Gasteiger partial charge in [-0.3, -0.25) is 4.90 Å². The van der Waals surface area contributed by atoms with Gasteiger partial charge in [0.15, 0.2) is 0 Å². The van der Waals surface area contributed by atoms with Gasteiger partial charge in [0, 0.05) is 33.2 Å². The minimum absolute atomic E-state index is 0.299. The lowest BCUT2D eigenvalue weighted by molar-refractivity contribution is 0.305. The second-order valence-electron chi connectivity index (χ2n) is 5.96. The van der Waals surface area contributed by atoms with Gasteiger partial charge < -0.3 is 16.0 Å². The SMILES string of the molecule is CN(C)c1nc(N)nc(CN2C[C@@H]3CCCN[C@@H]3C2)n1. The third kappa shape index (κ3) is 2.83. The summed E-state index contributed by atoms with van der Waals surface area (Å²) < 4.78 is 0. The Morgan fingerprint density at radius 2 is 2.15 bits per heavy atom. The van der Waals surface area contributed by atoms with Crippen molar-refractivity contribution in [2.24, 2.45) is 5.92 Å². The molecule has 0 saturated carbocycles. The molecule has 7 heteroatoms. The minimum atomic E-state index is 0.299. The monoisotopic (exact) mass is 277 g/mol. The quantitative estimate of drug-likeness (QED) is 0.785. The Morgan fingerprint density at radius 3 is 2.90 bits per heavy atom. The molecule has 7 nitrogen and oxygen atoms in total. The van der Waals surface area contributed by atoms with Crippen LogP contribution < -0.4 is 16.0 Å². The van der Waals surface area contributed by atoms with Gasteiger partial charge in [-0.1, -0.05) is 0 Å². The van der Waals surface area contributed by atoms with E-state index in [9.17, 15) is 0 Å². The third-order valence-corrected chi connectivity index (χ3v) is 4.13. The standard InChI is InChI=1S/C13H23N7/c1-19(2)13-17-11(16-12(14)18-13)8-20-6-9-4-3-5-15-10(9)7-20/h9-10,15H,3-8H2,1-2H3,(H2,14,16,17,18)/t9-,10+/m0/s1. The van der Waals surface area contributed by atoms with E-state index in [-0.39, 0.29) is 0 Å². The van der Waals surface area contributed by atoms with Crippen molar-refractivity contribution < 1.29 is 0 Å². The lowest BCUT2D eigenvalue weighted by Gasteiger charge is -2.24. The fraction of sp³-hybridized carbons (Fsp3) is 0.769. The Bertz CT molecular complexity index is 462. The van der Waals surface area contributed by atoms with E-state index in [1.165, 1.54) is 12.8 Å². The van der Waals surface area contributed by atoms with Crippen molar-refractivity contribution in [2.45, 2.75) is 25.4 Å². The first-order valence-electron chi connectivity index (χ1n) is 7.25. The Balaban J connectivity index is 1.69. The first-order valence-corrected chi connectivity index (χ1v) is 7.25. The fourth-order valence-electron chi connectivity index (χ4n) is 3.16. The number of hydrogen-bond donors (Lipinski definition) is 2. The van der Waals surface area contributed by atoms with E-state index in [0.29, 0.717) is 17.9 Å². The van der Waals surface area contributed by atoms with Crippen LogP contribution in [0.4, 0.5) is 11.9 Å². The van der Waals surface area contributed by atoms with Crippen molar-refractivity contribution in [3.8, 4) is 0 Å². The van der Waals surface area contributed by atoms with E-state index >= 15 is 0 Å². The second-order valence-corrected chi connectivity index (χ2v) is 5.96. The van der Waals surface area contributed by atoms with Crippen molar-refractivity contribution in [1.29, 1.82) is 0 Å². The number of nitrogens with two attached hydrogens (primary N) is 1. The van der Waals surface area contributed by atoms with Crippen molar-refractivity contribution in [3.05, 3.63) is 5.82 Å². The summed E-state index contributed by atoms with van der Waals surface area (Å²) in [7, 11) is 3.82. The van der Waals surface area contributed by atoms with Gasteiger partial charge >= 0.3 is 0 Å². The molecule has 3 N–H and O–H groups in total. The van der Waals surface area contributed by atoms with Gasteiger partial charge in [-0.05, 0) is 25.3 Å². The molecule has 110 valence electrons. The number of nitrogens with one attached hydrogen (secondary N) is 1. The van der Waals surface area contributed by atoms with Crippen LogP contribution in [-0.2, 0) is 6.54 Å². The normalized spacial score (nSPS) is 26.5. The highest BCUT2D eigenvalue weighted by Gasteiger charge is 2.34. The van der Waals surface area contributed by atoms with E-state index in [1.54, 1.807) is 0 Å². The van der Waals surface area contributed by atoms with Crippen LogP contribution in [0.2, 0.25) is 0 Å². The molecule has 3 rings (SSSR count).